The number of hydrogen-bond donors (Lipinski definition) is 1. The Kier molecular flexibility index (Phi) is 11.7. The van der Waals surface area contributed by atoms with Crippen molar-refractivity contribution in [2.24, 2.45) is 0 Å². The van der Waals surface area contributed by atoms with E-state index in [0.29, 0.717) is 39.4 Å². The van der Waals surface area contributed by atoms with Gasteiger partial charge in [-0.15, -0.1) is 0 Å². The molecule has 1 atom stereocenters. The van der Waals surface area contributed by atoms with Crippen LogP contribution in [0.4, 0.5) is 4.79 Å². The van der Waals surface area contributed by atoms with Crippen molar-refractivity contribution in [3.63, 3.8) is 0 Å². The highest BCUT2D eigenvalue weighted by molar-refractivity contribution is 14.1. The number of piperazine rings is 1. The number of amides is 1. The molecule has 1 fully saturated rings. The molecule has 0 radical (unpaired) electrons. The van der Waals surface area contributed by atoms with Crippen LogP contribution in [0.15, 0.2) is 0 Å². The Bertz CT molecular complexity index is 511. The highest BCUT2D eigenvalue weighted by atomic mass is 127. The summed E-state index contributed by atoms with van der Waals surface area (Å²) < 4.78 is 38.2. The zero-order valence-corrected chi connectivity index (χ0v) is 20.2. The molecule has 166 valence electrons. The average molecular weight is 537 g/mol. The van der Waals surface area contributed by atoms with Crippen molar-refractivity contribution in [2.45, 2.75) is 26.4 Å². The predicted molar refractivity (Wildman–Crippen MR) is 113 cm³/mol. The van der Waals surface area contributed by atoms with Crippen LogP contribution in [0.1, 0.15) is 20.8 Å². The second kappa shape index (κ2) is 12.6. The SMILES string of the molecule is CN(I)P(=O)(OC(C)(C)C)N1CCN(C(=O)OCCOCCOCCO)CC1. The van der Waals surface area contributed by atoms with Crippen molar-refractivity contribution in [2.75, 3.05) is 72.9 Å². The van der Waals surface area contributed by atoms with Crippen LogP contribution in [-0.2, 0) is 23.3 Å². The Hall–Kier alpha value is -0.0100. The largest absolute Gasteiger partial charge is 0.447 e. The monoisotopic (exact) mass is 537 g/mol. The van der Waals surface area contributed by atoms with Crippen molar-refractivity contribution in [3.05, 3.63) is 0 Å². The minimum atomic E-state index is -3.16. The van der Waals surface area contributed by atoms with Crippen LogP contribution < -0.4 is 0 Å². The second-order valence-corrected chi connectivity index (χ2v) is 11.7. The maximum Gasteiger partial charge on any atom is 0.409 e. The molecular formula is C16H33IN3O7P. The molecule has 1 saturated heterocycles. The molecule has 0 aromatic heterocycles. The van der Waals surface area contributed by atoms with E-state index in [2.05, 4.69) is 0 Å². The van der Waals surface area contributed by atoms with E-state index in [0.717, 1.165) is 0 Å². The molecule has 0 spiro atoms. The quantitative estimate of drug-likeness (QED) is 0.184. The Morgan fingerprint density at radius 3 is 2.11 bits per heavy atom. The summed E-state index contributed by atoms with van der Waals surface area (Å²) in [5.41, 5.74) is -0.547. The Balaban J connectivity index is 2.34. The van der Waals surface area contributed by atoms with Gasteiger partial charge in [0.25, 0.3) is 0 Å². The summed E-state index contributed by atoms with van der Waals surface area (Å²) in [5.74, 6) is 0. The van der Waals surface area contributed by atoms with Gasteiger partial charge in [0.15, 0.2) is 0 Å². The molecule has 1 unspecified atom stereocenters. The van der Waals surface area contributed by atoms with Gasteiger partial charge >= 0.3 is 13.8 Å². The standard InChI is InChI=1S/C16H33IN3O7P/c1-16(2,3)27-28(23,18(4)17)20-7-5-19(6-8-20)15(22)26-14-13-25-12-11-24-10-9-21/h21H,5-14H2,1-4H3. The minimum absolute atomic E-state index is 0.0171. The smallest absolute Gasteiger partial charge is 0.409 e. The molecule has 1 aliphatic rings. The lowest BCUT2D eigenvalue weighted by Gasteiger charge is -2.41. The lowest BCUT2D eigenvalue weighted by molar-refractivity contribution is 0.0124. The van der Waals surface area contributed by atoms with Crippen LogP contribution in [0.2, 0.25) is 0 Å². The van der Waals surface area contributed by atoms with Crippen LogP contribution in [0.25, 0.3) is 0 Å². The lowest BCUT2D eigenvalue weighted by atomic mass is 10.2. The van der Waals surface area contributed by atoms with Gasteiger partial charge < -0.3 is 24.2 Å². The zero-order chi connectivity index (χ0) is 21.2. The van der Waals surface area contributed by atoms with E-state index in [-0.39, 0.29) is 26.4 Å². The highest BCUT2D eigenvalue weighted by Crippen LogP contribution is 2.58. The Labute approximate surface area is 181 Å². The Morgan fingerprint density at radius 2 is 1.61 bits per heavy atom. The van der Waals surface area contributed by atoms with Crippen LogP contribution in [0.3, 0.4) is 0 Å². The summed E-state index contributed by atoms with van der Waals surface area (Å²) in [7, 11) is -1.44. The first-order valence-electron chi connectivity index (χ1n) is 9.24. The van der Waals surface area contributed by atoms with Gasteiger partial charge in [-0.3, -0.25) is 9.09 Å². The molecule has 10 nitrogen and oxygen atoms in total. The van der Waals surface area contributed by atoms with Gasteiger partial charge in [0.05, 0.1) is 38.6 Å². The molecule has 0 bridgehead atoms. The van der Waals surface area contributed by atoms with Gasteiger partial charge in [-0.2, -0.15) is 2.88 Å². The summed E-state index contributed by atoms with van der Waals surface area (Å²) in [5, 5.41) is 8.57. The van der Waals surface area contributed by atoms with Gasteiger partial charge in [0, 0.05) is 56.1 Å². The molecule has 1 aliphatic heterocycles. The predicted octanol–water partition coefficient (Wildman–Crippen LogP) is 1.97. The summed E-state index contributed by atoms with van der Waals surface area (Å²) in [6, 6.07) is 0. The fourth-order valence-electron chi connectivity index (χ4n) is 2.44. The number of carbonyl (C=O) groups excluding carboxylic acids is 1. The lowest BCUT2D eigenvalue weighted by Crippen LogP contribution is -2.49. The number of rotatable bonds is 11. The number of nitrogens with zero attached hydrogens (tertiary/aromatic N) is 3. The first-order valence-corrected chi connectivity index (χ1v) is 11.7. The van der Waals surface area contributed by atoms with Crippen LogP contribution in [0, 0.1) is 0 Å². The summed E-state index contributed by atoms with van der Waals surface area (Å²) >= 11 is 1.98. The fourth-order valence-corrected chi connectivity index (χ4v) is 5.50. The van der Waals surface area contributed by atoms with E-state index in [1.54, 1.807) is 19.5 Å². The van der Waals surface area contributed by atoms with Gasteiger partial charge in [-0.25, -0.2) is 9.46 Å². The minimum Gasteiger partial charge on any atom is -0.447 e. The number of aliphatic hydroxyl groups excluding tert-OH is 1. The molecule has 1 rings (SSSR count). The molecule has 28 heavy (non-hydrogen) atoms. The Morgan fingerprint density at radius 1 is 1.07 bits per heavy atom. The second-order valence-electron chi connectivity index (χ2n) is 7.14. The zero-order valence-electron chi connectivity index (χ0n) is 17.1. The van der Waals surface area contributed by atoms with E-state index in [4.69, 9.17) is 23.8 Å². The van der Waals surface area contributed by atoms with Gasteiger partial charge in [-0.1, -0.05) is 0 Å². The average Bonchev–Trinajstić information content (AvgIpc) is 2.62. The van der Waals surface area contributed by atoms with E-state index >= 15 is 0 Å². The normalized spacial score (nSPS) is 18.3. The molecule has 1 N–H and O–H groups in total. The highest BCUT2D eigenvalue weighted by Gasteiger charge is 2.41. The van der Waals surface area contributed by atoms with Crippen molar-refractivity contribution < 1.29 is 33.2 Å². The first-order chi connectivity index (χ1) is 13.1. The molecule has 0 aromatic carbocycles. The third kappa shape index (κ3) is 9.21. The van der Waals surface area contributed by atoms with Crippen LogP contribution in [0.5, 0.6) is 0 Å². The first kappa shape index (κ1) is 26.0. The number of ether oxygens (including phenoxy) is 3. The molecule has 12 heteroatoms. The van der Waals surface area contributed by atoms with E-state index in [9.17, 15) is 9.36 Å². The van der Waals surface area contributed by atoms with E-state index < -0.39 is 19.4 Å². The molecule has 0 aromatic rings. The molecule has 1 amide bonds. The van der Waals surface area contributed by atoms with E-state index in [1.165, 1.54) is 0 Å². The number of aliphatic hydroxyl groups is 1. The van der Waals surface area contributed by atoms with Gasteiger partial charge in [0.2, 0.25) is 0 Å². The maximum atomic E-state index is 13.3. The third-order valence-corrected chi connectivity index (χ3v) is 7.91. The van der Waals surface area contributed by atoms with Crippen molar-refractivity contribution in [1.82, 2.24) is 12.5 Å². The molecule has 0 saturated carbocycles. The maximum absolute atomic E-state index is 13.3. The fraction of sp³-hybridized carbons (Fsp3) is 0.938. The number of halogens is 1. The van der Waals surface area contributed by atoms with Crippen molar-refractivity contribution in [1.29, 1.82) is 0 Å². The van der Waals surface area contributed by atoms with E-state index in [1.807, 2.05) is 43.6 Å². The topological polar surface area (TPSA) is 101 Å². The van der Waals surface area contributed by atoms with Gasteiger partial charge in [0.1, 0.15) is 6.61 Å². The van der Waals surface area contributed by atoms with Crippen molar-refractivity contribution in [3.8, 4) is 0 Å². The third-order valence-electron chi connectivity index (χ3n) is 3.67. The molecular weight excluding hydrogens is 504 g/mol. The molecule has 0 aliphatic carbocycles. The summed E-state index contributed by atoms with van der Waals surface area (Å²) in [4.78, 5) is 13.7. The van der Waals surface area contributed by atoms with Crippen LogP contribution >= 0.6 is 30.5 Å². The molecule has 1 heterocycles. The van der Waals surface area contributed by atoms with Crippen LogP contribution in [-0.4, -0.2) is 102 Å². The number of carbonyl (C=O) groups is 1. The number of hydrogen-bond acceptors (Lipinski definition) is 7. The van der Waals surface area contributed by atoms with Gasteiger partial charge in [-0.05, 0) is 20.8 Å². The van der Waals surface area contributed by atoms with Crippen molar-refractivity contribution >= 4 is 36.6 Å². The summed E-state index contributed by atoms with van der Waals surface area (Å²) in [6.45, 7) is 8.78. The summed E-state index contributed by atoms with van der Waals surface area (Å²) in [6.07, 6.45) is -0.408.